The minimum atomic E-state index is 0.587. The minimum absolute atomic E-state index is 0.587. The number of nitriles is 1. The second-order valence-electron chi connectivity index (χ2n) is 4.88. The molecule has 0 bridgehead atoms. The molecule has 0 heterocycles. The maximum Gasteiger partial charge on any atom is 0.0992 e. The predicted octanol–water partition coefficient (Wildman–Crippen LogP) is 3.73. The van der Waals surface area contributed by atoms with Crippen molar-refractivity contribution in [3.8, 4) is 6.07 Å². The fourth-order valence-electron chi connectivity index (χ4n) is 2.54. The van der Waals surface area contributed by atoms with E-state index in [0.717, 1.165) is 17.9 Å². The third-order valence-corrected chi connectivity index (χ3v) is 3.48. The van der Waals surface area contributed by atoms with Crippen LogP contribution in [0.4, 0.5) is 11.4 Å². The number of hydrogen-bond donors (Lipinski definition) is 2. The zero-order chi connectivity index (χ0) is 12.8. The number of hydrogen-bond acceptors (Lipinski definition) is 3. The number of benzene rings is 1. The van der Waals surface area contributed by atoms with Crippen LogP contribution in [-0.4, -0.2) is 12.6 Å². The molecule has 0 saturated heterocycles. The molecule has 0 amide bonds. The van der Waals surface area contributed by atoms with Crippen molar-refractivity contribution in [3.05, 3.63) is 23.8 Å². The lowest BCUT2D eigenvalue weighted by atomic mass is 9.95. The van der Waals surface area contributed by atoms with Gasteiger partial charge >= 0.3 is 0 Å². The molecule has 18 heavy (non-hydrogen) atoms. The monoisotopic (exact) mass is 243 g/mol. The highest BCUT2D eigenvalue weighted by Crippen LogP contribution is 2.27. The first-order valence-electron chi connectivity index (χ1n) is 6.88. The second-order valence-corrected chi connectivity index (χ2v) is 4.88. The number of nitrogens with zero attached hydrogens (tertiary/aromatic N) is 1. The van der Waals surface area contributed by atoms with Crippen LogP contribution in [0.3, 0.4) is 0 Å². The summed E-state index contributed by atoms with van der Waals surface area (Å²) in [6.45, 7) is 2.94. The molecule has 1 saturated carbocycles. The van der Waals surface area contributed by atoms with Crippen molar-refractivity contribution < 1.29 is 0 Å². The van der Waals surface area contributed by atoms with Gasteiger partial charge in [-0.25, -0.2) is 0 Å². The van der Waals surface area contributed by atoms with Crippen LogP contribution in [0, 0.1) is 11.3 Å². The molecule has 0 unspecified atom stereocenters. The van der Waals surface area contributed by atoms with E-state index < -0.39 is 0 Å². The maximum atomic E-state index is 8.94. The zero-order valence-corrected chi connectivity index (χ0v) is 11.0. The molecule has 0 spiro atoms. The topological polar surface area (TPSA) is 47.9 Å². The third kappa shape index (κ3) is 3.16. The Morgan fingerprint density at radius 3 is 2.67 bits per heavy atom. The first kappa shape index (κ1) is 12.8. The Morgan fingerprint density at radius 1 is 1.22 bits per heavy atom. The van der Waals surface area contributed by atoms with Crippen molar-refractivity contribution in [2.75, 3.05) is 17.2 Å². The lowest BCUT2D eigenvalue weighted by Crippen LogP contribution is -2.22. The summed E-state index contributed by atoms with van der Waals surface area (Å²) >= 11 is 0. The smallest absolute Gasteiger partial charge is 0.0992 e. The van der Waals surface area contributed by atoms with Gasteiger partial charge in [0.05, 0.1) is 23.0 Å². The van der Waals surface area contributed by atoms with Crippen LogP contribution in [0.2, 0.25) is 0 Å². The standard InChI is InChI=1S/C15H21N3/c1-2-17-15-10-12(11-16)8-9-14(15)18-13-6-4-3-5-7-13/h8-10,13,17-18H,2-7H2,1H3. The lowest BCUT2D eigenvalue weighted by Gasteiger charge is -2.25. The van der Waals surface area contributed by atoms with Gasteiger partial charge in [0, 0.05) is 12.6 Å². The summed E-state index contributed by atoms with van der Waals surface area (Å²) in [4.78, 5) is 0. The molecule has 1 aromatic rings. The predicted molar refractivity (Wildman–Crippen MR) is 75.8 cm³/mol. The largest absolute Gasteiger partial charge is 0.384 e. The summed E-state index contributed by atoms with van der Waals surface area (Å²) < 4.78 is 0. The summed E-state index contributed by atoms with van der Waals surface area (Å²) in [5.74, 6) is 0. The summed E-state index contributed by atoms with van der Waals surface area (Å²) in [5.41, 5.74) is 2.88. The first-order chi connectivity index (χ1) is 8.83. The Kier molecular flexibility index (Phi) is 4.46. The van der Waals surface area contributed by atoms with Gasteiger partial charge in [0.1, 0.15) is 0 Å². The van der Waals surface area contributed by atoms with Crippen LogP contribution in [0.1, 0.15) is 44.6 Å². The van der Waals surface area contributed by atoms with E-state index in [2.05, 4.69) is 23.6 Å². The van der Waals surface area contributed by atoms with Crippen LogP contribution in [0.15, 0.2) is 18.2 Å². The van der Waals surface area contributed by atoms with E-state index in [1.54, 1.807) is 0 Å². The van der Waals surface area contributed by atoms with Crippen LogP contribution in [0.5, 0.6) is 0 Å². The molecule has 1 aromatic carbocycles. The first-order valence-corrected chi connectivity index (χ1v) is 6.88. The van der Waals surface area contributed by atoms with Gasteiger partial charge in [-0.3, -0.25) is 0 Å². The molecule has 96 valence electrons. The quantitative estimate of drug-likeness (QED) is 0.847. The second kappa shape index (κ2) is 6.30. The van der Waals surface area contributed by atoms with Crippen LogP contribution in [-0.2, 0) is 0 Å². The molecule has 3 heteroatoms. The van der Waals surface area contributed by atoms with Gasteiger partial charge in [-0.05, 0) is 38.0 Å². The number of anilines is 2. The average molecular weight is 243 g/mol. The molecular weight excluding hydrogens is 222 g/mol. The Balaban J connectivity index is 2.12. The Hall–Kier alpha value is -1.69. The molecule has 2 N–H and O–H groups in total. The van der Waals surface area contributed by atoms with Crippen molar-refractivity contribution in [3.63, 3.8) is 0 Å². The van der Waals surface area contributed by atoms with Crippen molar-refractivity contribution in [1.29, 1.82) is 5.26 Å². The minimum Gasteiger partial charge on any atom is -0.384 e. The van der Waals surface area contributed by atoms with Gasteiger partial charge in [-0.15, -0.1) is 0 Å². The lowest BCUT2D eigenvalue weighted by molar-refractivity contribution is 0.463. The van der Waals surface area contributed by atoms with Crippen molar-refractivity contribution >= 4 is 11.4 Å². The van der Waals surface area contributed by atoms with E-state index in [1.807, 2.05) is 18.2 Å². The van der Waals surface area contributed by atoms with E-state index in [9.17, 15) is 0 Å². The molecule has 1 aliphatic rings. The fraction of sp³-hybridized carbons (Fsp3) is 0.533. The van der Waals surface area contributed by atoms with Crippen molar-refractivity contribution in [2.24, 2.45) is 0 Å². The van der Waals surface area contributed by atoms with Gasteiger partial charge in [-0.1, -0.05) is 19.3 Å². The molecule has 2 rings (SSSR count). The molecule has 0 atom stereocenters. The fourth-order valence-corrected chi connectivity index (χ4v) is 2.54. The molecule has 0 radical (unpaired) electrons. The van der Waals surface area contributed by atoms with E-state index in [4.69, 9.17) is 5.26 Å². The van der Waals surface area contributed by atoms with E-state index in [1.165, 1.54) is 32.1 Å². The molecule has 0 aromatic heterocycles. The van der Waals surface area contributed by atoms with Gasteiger partial charge in [0.2, 0.25) is 0 Å². The normalized spacial score (nSPS) is 16.0. The highest BCUT2D eigenvalue weighted by atomic mass is 15.0. The molecular formula is C15H21N3. The summed E-state index contributed by atoms with van der Waals surface area (Å²) in [6, 6.07) is 8.60. The molecule has 1 aliphatic carbocycles. The van der Waals surface area contributed by atoms with Crippen molar-refractivity contribution in [2.45, 2.75) is 45.1 Å². The highest BCUT2D eigenvalue weighted by Gasteiger charge is 2.14. The van der Waals surface area contributed by atoms with Gasteiger partial charge in [0.15, 0.2) is 0 Å². The Bertz CT molecular complexity index is 428. The Labute approximate surface area is 109 Å². The molecule has 0 aliphatic heterocycles. The van der Waals surface area contributed by atoms with Crippen LogP contribution >= 0.6 is 0 Å². The van der Waals surface area contributed by atoms with Gasteiger partial charge in [0.25, 0.3) is 0 Å². The van der Waals surface area contributed by atoms with Crippen LogP contribution < -0.4 is 10.6 Å². The summed E-state index contributed by atoms with van der Waals surface area (Å²) in [6.07, 6.45) is 6.53. The van der Waals surface area contributed by atoms with Crippen molar-refractivity contribution in [1.82, 2.24) is 0 Å². The maximum absolute atomic E-state index is 8.94. The van der Waals surface area contributed by atoms with E-state index >= 15 is 0 Å². The van der Waals surface area contributed by atoms with Gasteiger partial charge in [-0.2, -0.15) is 5.26 Å². The van der Waals surface area contributed by atoms with E-state index in [0.29, 0.717) is 11.6 Å². The highest BCUT2D eigenvalue weighted by molar-refractivity contribution is 5.71. The number of nitrogens with one attached hydrogen (secondary N) is 2. The van der Waals surface area contributed by atoms with E-state index in [-0.39, 0.29) is 0 Å². The summed E-state index contributed by atoms with van der Waals surface area (Å²) in [5, 5.41) is 15.9. The molecule has 1 fully saturated rings. The van der Waals surface area contributed by atoms with Crippen LogP contribution in [0.25, 0.3) is 0 Å². The average Bonchev–Trinajstić information content (AvgIpc) is 2.42. The Morgan fingerprint density at radius 2 is 2.00 bits per heavy atom. The summed E-state index contributed by atoms with van der Waals surface area (Å²) in [7, 11) is 0. The zero-order valence-electron chi connectivity index (χ0n) is 11.0. The third-order valence-electron chi connectivity index (χ3n) is 3.48. The molecule has 3 nitrogen and oxygen atoms in total. The number of rotatable bonds is 4. The SMILES string of the molecule is CCNc1cc(C#N)ccc1NC1CCCCC1. The van der Waals surface area contributed by atoms with Gasteiger partial charge < -0.3 is 10.6 Å².